The molecular weight excluding hydrogens is 457 g/mol. The molecule has 2 bridgehead atoms. The summed E-state index contributed by atoms with van der Waals surface area (Å²) < 4.78 is 22.5. The molecule has 0 saturated heterocycles. The van der Waals surface area contributed by atoms with Crippen LogP contribution in [0.25, 0.3) is 22.5 Å². The van der Waals surface area contributed by atoms with Crippen molar-refractivity contribution in [2.75, 3.05) is 5.73 Å². The molecule has 3 aromatic heterocycles. The van der Waals surface area contributed by atoms with Crippen LogP contribution in [0.3, 0.4) is 0 Å². The van der Waals surface area contributed by atoms with Crippen molar-refractivity contribution < 1.29 is 9.13 Å². The number of anilines is 1. The van der Waals surface area contributed by atoms with Crippen molar-refractivity contribution in [3.63, 3.8) is 0 Å². The van der Waals surface area contributed by atoms with E-state index >= 15 is 0 Å². The van der Waals surface area contributed by atoms with E-state index in [4.69, 9.17) is 22.1 Å². The first kappa shape index (κ1) is 21.1. The van der Waals surface area contributed by atoms with Crippen molar-refractivity contribution in [1.29, 1.82) is 0 Å². The quantitative estimate of drug-likeness (QED) is 0.452. The van der Waals surface area contributed by atoms with Crippen molar-refractivity contribution in [3.8, 4) is 28.3 Å². The van der Waals surface area contributed by atoms with Crippen LogP contribution in [0.5, 0.6) is 5.75 Å². The van der Waals surface area contributed by atoms with Gasteiger partial charge in [-0.25, -0.2) is 9.37 Å². The molecule has 2 aliphatic rings. The molecule has 2 N–H and O–H groups in total. The van der Waals surface area contributed by atoms with Gasteiger partial charge >= 0.3 is 0 Å². The minimum Gasteiger partial charge on any atom is -0.482 e. The van der Waals surface area contributed by atoms with Gasteiger partial charge in [0.2, 0.25) is 0 Å². The van der Waals surface area contributed by atoms with Gasteiger partial charge in [-0.1, -0.05) is 11.6 Å². The van der Waals surface area contributed by atoms with Gasteiger partial charge in [0.1, 0.15) is 17.6 Å². The number of nitrogen functional groups attached to an aromatic ring is 1. The Bertz CT molecular complexity index is 1430. The largest absolute Gasteiger partial charge is 0.482 e. The van der Waals surface area contributed by atoms with E-state index in [0.29, 0.717) is 34.5 Å². The Balaban J connectivity index is 1.62. The number of fused-ring (bicyclic) bond motifs is 7. The standard InChI is InChI=1S/C24H23ClFN7O/c1-12-17-8-15(26)5-6-16(17)21-19(29-32(2)30-21)9-18-22(14-7-20(34-12)24(27)28-10-14)33(31-23(18)25)11-13-3-4-13/h5-8,10,12-13H,3-4,9,11H2,1-2H3,(H2,27,28)/t12-/m1/s1. The Hall–Kier alpha value is -3.46. The summed E-state index contributed by atoms with van der Waals surface area (Å²) in [5.74, 6) is 0.902. The highest BCUT2D eigenvalue weighted by Gasteiger charge is 2.29. The van der Waals surface area contributed by atoms with Crippen LogP contribution in [0.15, 0.2) is 30.5 Å². The summed E-state index contributed by atoms with van der Waals surface area (Å²) in [5, 5.41) is 14.3. The van der Waals surface area contributed by atoms with Gasteiger partial charge in [0.25, 0.3) is 0 Å². The van der Waals surface area contributed by atoms with Crippen molar-refractivity contribution in [1.82, 2.24) is 29.8 Å². The number of hydrogen-bond donors (Lipinski definition) is 1. The maximum absolute atomic E-state index is 14.3. The van der Waals surface area contributed by atoms with Crippen LogP contribution >= 0.6 is 11.6 Å². The second kappa shape index (κ2) is 7.80. The molecule has 1 aliphatic heterocycles. The third-order valence-corrected chi connectivity index (χ3v) is 6.73. The highest BCUT2D eigenvalue weighted by atomic mass is 35.5. The summed E-state index contributed by atoms with van der Waals surface area (Å²) in [6.45, 7) is 2.63. The van der Waals surface area contributed by atoms with Gasteiger partial charge in [0.15, 0.2) is 16.7 Å². The third kappa shape index (κ3) is 3.60. The molecule has 1 fully saturated rings. The van der Waals surface area contributed by atoms with Gasteiger partial charge in [0, 0.05) is 48.5 Å². The topological polar surface area (TPSA) is 96.7 Å². The molecule has 4 aromatic rings. The Morgan fingerprint density at radius 3 is 2.82 bits per heavy atom. The predicted octanol–water partition coefficient (Wildman–Crippen LogP) is 4.57. The average molecular weight is 480 g/mol. The van der Waals surface area contributed by atoms with Gasteiger partial charge in [-0.15, -0.1) is 0 Å². The van der Waals surface area contributed by atoms with Gasteiger partial charge in [-0.3, -0.25) is 4.68 Å². The van der Waals surface area contributed by atoms with Crippen molar-refractivity contribution in [2.24, 2.45) is 13.0 Å². The Morgan fingerprint density at radius 1 is 1.21 bits per heavy atom. The molecule has 34 heavy (non-hydrogen) atoms. The molecule has 6 rings (SSSR count). The molecule has 174 valence electrons. The lowest BCUT2D eigenvalue weighted by Gasteiger charge is -2.20. The van der Waals surface area contributed by atoms with Crippen LogP contribution in [0.4, 0.5) is 10.2 Å². The number of hydrogen-bond acceptors (Lipinski definition) is 6. The summed E-state index contributed by atoms with van der Waals surface area (Å²) >= 11 is 6.71. The molecule has 1 aromatic carbocycles. The van der Waals surface area contributed by atoms with E-state index in [9.17, 15) is 4.39 Å². The maximum Gasteiger partial charge on any atom is 0.166 e. The van der Waals surface area contributed by atoms with Crippen LogP contribution in [0.1, 0.15) is 42.7 Å². The fourth-order valence-corrected chi connectivity index (χ4v) is 4.84. The molecule has 10 heteroatoms. The third-order valence-electron chi connectivity index (χ3n) is 6.42. The molecule has 1 atom stereocenters. The van der Waals surface area contributed by atoms with E-state index in [1.165, 1.54) is 29.8 Å². The zero-order valence-corrected chi connectivity index (χ0v) is 19.6. The molecule has 0 amide bonds. The van der Waals surface area contributed by atoms with Crippen molar-refractivity contribution in [3.05, 3.63) is 58.3 Å². The van der Waals surface area contributed by atoms with Crippen molar-refractivity contribution in [2.45, 2.75) is 38.8 Å². The molecular formula is C24H23ClFN7O. The minimum atomic E-state index is -0.515. The van der Waals surface area contributed by atoms with Crippen LogP contribution in [-0.4, -0.2) is 29.8 Å². The van der Waals surface area contributed by atoms with Crippen LogP contribution in [-0.2, 0) is 20.0 Å². The first-order valence-corrected chi connectivity index (χ1v) is 11.6. The Morgan fingerprint density at radius 2 is 2.03 bits per heavy atom. The zero-order valence-electron chi connectivity index (χ0n) is 18.8. The lowest BCUT2D eigenvalue weighted by Crippen LogP contribution is -2.10. The smallest absolute Gasteiger partial charge is 0.166 e. The van der Waals surface area contributed by atoms with E-state index in [1.807, 2.05) is 17.7 Å². The number of pyridine rings is 1. The molecule has 8 nitrogen and oxygen atoms in total. The lowest BCUT2D eigenvalue weighted by atomic mass is 9.96. The number of aromatic nitrogens is 6. The molecule has 1 aliphatic carbocycles. The van der Waals surface area contributed by atoms with Gasteiger partial charge in [0.05, 0.1) is 11.4 Å². The summed E-state index contributed by atoms with van der Waals surface area (Å²) in [5.41, 5.74) is 11.4. The highest BCUT2D eigenvalue weighted by molar-refractivity contribution is 6.30. The summed E-state index contributed by atoms with van der Waals surface area (Å²) in [4.78, 5) is 5.91. The molecule has 4 heterocycles. The second-order valence-electron chi connectivity index (χ2n) is 9.00. The zero-order chi connectivity index (χ0) is 23.6. The summed E-state index contributed by atoms with van der Waals surface area (Å²) in [6, 6.07) is 6.44. The number of benzene rings is 1. The van der Waals surface area contributed by atoms with E-state index in [-0.39, 0.29) is 11.6 Å². The lowest BCUT2D eigenvalue weighted by molar-refractivity contribution is 0.227. The normalized spacial score (nSPS) is 17.1. The average Bonchev–Trinajstić information content (AvgIpc) is 3.46. The fourth-order valence-electron chi connectivity index (χ4n) is 4.59. The summed E-state index contributed by atoms with van der Waals surface area (Å²) in [6.07, 6.45) is 3.97. The predicted molar refractivity (Wildman–Crippen MR) is 126 cm³/mol. The van der Waals surface area contributed by atoms with Crippen LogP contribution in [0, 0.1) is 11.7 Å². The Kier molecular flexibility index (Phi) is 4.84. The van der Waals surface area contributed by atoms with Gasteiger partial charge in [-0.05, 0) is 49.9 Å². The minimum absolute atomic E-state index is 0.256. The number of nitrogens with two attached hydrogens (primary N) is 1. The molecule has 0 radical (unpaired) electrons. The number of aryl methyl sites for hydroxylation is 1. The number of ether oxygens (including phenoxy) is 1. The monoisotopic (exact) mass is 479 g/mol. The van der Waals surface area contributed by atoms with E-state index in [1.54, 1.807) is 19.3 Å². The first-order valence-electron chi connectivity index (χ1n) is 11.2. The number of halogens is 2. The highest BCUT2D eigenvalue weighted by Crippen LogP contribution is 2.41. The Labute approximate surface area is 200 Å². The second-order valence-corrected chi connectivity index (χ2v) is 9.36. The van der Waals surface area contributed by atoms with Gasteiger partial charge < -0.3 is 10.5 Å². The number of rotatable bonds is 2. The van der Waals surface area contributed by atoms with Crippen LogP contribution in [0.2, 0.25) is 5.15 Å². The first-order chi connectivity index (χ1) is 16.4. The molecule has 1 saturated carbocycles. The fraction of sp³-hybridized carbons (Fsp3) is 0.333. The van der Waals surface area contributed by atoms with Crippen molar-refractivity contribution >= 4 is 17.4 Å². The van der Waals surface area contributed by atoms with E-state index in [2.05, 4.69) is 20.3 Å². The molecule has 0 spiro atoms. The van der Waals surface area contributed by atoms with E-state index < -0.39 is 6.10 Å². The van der Waals surface area contributed by atoms with Gasteiger partial charge in [-0.2, -0.15) is 20.1 Å². The molecule has 0 unspecified atom stereocenters. The number of nitrogens with zero attached hydrogens (tertiary/aromatic N) is 6. The van der Waals surface area contributed by atoms with E-state index in [0.717, 1.165) is 34.6 Å². The maximum atomic E-state index is 14.3. The SMILES string of the molecule is C[C@H]1Oc2cc(cnc2N)-c2c(c(Cl)nn2CC2CC2)Cc2nn(C)nc2-c2ccc(F)cc21. The summed E-state index contributed by atoms with van der Waals surface area (Å²) in [7, 11) is 1.76. The van der Waals surface area contributed by atoms with Crippen LogP contribution < -0.4 is 10.5 Å².